The molecule has 1 unspecified atom stereocenters. The number of ether oxygens (including phenoxy) is 1. The van der Waals surface area contributed by atoms with Crippen molar-refractivity contribution >= 4 is 21.9 Å². The van der Waals surface area contributed by atoms with Crippen LogP contribution in [0.3, 0.4) is 0 Å². The fraction of sp³-hybridized carbons (Fsp3) is 0.450. The predicted molar refractivity (Wildman–Crippen MR) is 113 cm³/mol. The van der Waals surface area contributed by atoms with Crippen LogP contribution < -0.4 is 14.4 Å². The van der Waals surface area contributed by atoms with E-state index in [0.717, 1.165) is 0 Å². The molecule has 2 heterocycles. The topological polar surface area (TPSA) is 105 Å². The van der Waals surface area contributed by atoms with Gasteiger partial charge in [-0.05, 0) is 36.2 Å². The van der Waals surface area contributed by atoms with Gasteiger partial charge in [0.2, 0.25) is 21.9 Å². The lowest BCUT2D eigenvalue weighted by atomic mass is 10.0. The third-order valence-electron chi connectivity index (χ3n) is 5.01. The van der Waals surface area contributed by atoms with Gasteiger partial charge in [-0.3, -0.25) is 4.79 Å². The van der Waals surface area contributed by atoms with Crippen LogP contribution in [0.5, 0.6) is 5.75 Å². The van der Waals surface area contributed by atoms with E-state index < -0.39 is 16.1 Å². The first-order valence-corrected chi connectivity index (χ1v) is 11.3. The Morgan fingerprint density at radius 2 is 1.67 bits per heavy atom. The van der Waals surface area contributed by atoms with Crippen molar-refractivity contribution in [2.24, 2.45) is 5.92 Å². The number of carbonyl (C=O) groups excluding carboxylic acids is 1. The second-order valence-electron chi connectivity index (χ2n) is 7.38. The van der Waals surface area contributed by atoms with E-state index in [4.69, 9.17) is 4.74 Å². The molecule has 1 aliphatic rings. The van der Waals surface area contributed by atoms with Crippen LogP contribution in [-0.4, -0.2) is 68.5 Å². The molecule has 3 rings (SSSR count). The van der Waals surface area contributed by atoms with E-state index in [-0.39, 0.29) is 16.7 Å². The van der Waals surface area contributed by atoms with Crippen LogP contribution in [-0.2, 0) is 14.8 Å². The molecule has 0 spiro atoms. The zero-order valence-corrected chi connectivity index (χ0v) is 18.2. The number of carbonyl (C=O) groups is 1. The Balaban J connectivity index is 1.67. The summed E-state index contributed by atoms with van der Waals surface area (Å²) in [6, 6.07) is 6.98. The number of hydrogen-bond acceptors (Lipinski definition) is 7. The summed E-state index contributed by atoms with van der Waals surface area (Å²) in [5.74, 6) is 0.757. The molecule has 1 saturated heterocycles. The van der Waals surface area contributed by atoms with Gasteiger partial charge in [-0.25, -0.2) is 18.4 Å². The summed E-state index contributed by atoms with van der Waals surface area (Å²) in [7, 11) is -2.34. The van der Waals surface area contributed by atoms with Gasteiger partial charge in [-0.2, -0.15) is 4.72 Å². The monoisotopic (exact) mass is 433 g/mol. The third kappa shape index (κ3) is 5.06. The lowest BCUT2D eigenvalue weighted by molar-refractivity contribution is -0.134. The summed E-state index contributed by atoms with van der Waals surface area (Å²) >= 11 is 0. The first-order chi connectivity index (χ1) is 14.3. The number of anilines is 1. The number of sulfonamides is 1. The van der Waals surface area contributed by atoms with Crippen LogP contribution >= 0.6 is 0 Å². The second kappa shape index (κ2) is 9.40. The van der Waals surface area contributed by atoms with Gasteiger partial charge in [0.15, 0.2) is 0 Å². The SMILES string of the molecule is COc1ccc(S(=O)(=O)NC(C(=O)N2CCN(c3ncccn3)CC2)C(C)C)cc1. The van der Waals surface area contributed by atoms with Gasteiger partial charge in [0, 0.05) is 38.6 Å². The van der Waals surface area contributed by atoms with Crippen LogP contribution in [0.4, 0.5) is 5.95 Å². The summed E-state index contributed by atoms with van der Waals surface area (Å²) in [4.78, 5) is 25.4. The molecule has 0 aliphatic carbocycles. The van der Waals surface area contributed by atoms with E-state index in [9.17, 15) is 13.2 Å². The van der Waals surface area contributed by atoms with Gasteiger partial charge in [-0.1, -0.05) is 13.8 Å². The maximum absolute atomic E-state index is 13.1. The van der Waals surface area contributed by atoms with Crippen LogP contribution in [0, 0.1) is 5.92 Å². The highest BCUT2D eigenvalue weighted by Gasteiger charge is 2.33. The van der Waals surface area contributed by atoms with Gasteiger partial charge < -0.3 is 14.5 Å². The molecule has 30 heavy (non-hydrogen) atoms. The molecule has 2 aromatic rings. The van der Waals surface area contributed by atoms with Crippen molar-refractivity contribution in [3.8, 4) is 5.75 Å². The van der Waals surface area contributed by atoms with Crippen molar-refractivity contribution in [2.75, 3.05) is 38.2 Å². The number of aromatic nitrogens is 2. The molecule has 1 fully saturated rings. The standard InChI is InChI=1S/C20H27N5O4S/c1-15(2)18(23-30(27,28)17-7-5-16(29-3)6-8-17)19(26)24-11-13-25(14-12-24)20-21-9-4-10-22-20/h4-10,15,18,23H,11-14H2,1-3H3. The summed E-state index contributed by atoms with van der Waals surface area (Å²) in [6.45, 7) is 5.78. The molecule has 1 N–H and O–H groups in total. The lowest BCUT2D eigenvalue weighted by Gasteiger charge is -2.37. The van der Waals surface area contributed by atoms with E-state index in [2.05, 4.69) is 14.7 Å². The average molecular weight is 434 g/mol. The molecular weight excluding hydrogens is 406 g/mol. The number of hydrogen-bond donors (Lipinski definition) is 1. The van der Waals surface area contributed by atoms with Crippen LogP contribution in [0.15, 0.2) is 47.6 Å². The molecule has 1 amide bonds. The molecule has 1 atom stereocenters. The molecule has 0 bridgehead atoms. The number of methoxy groups -OCH3 is 1. The molecule has 1 aliphatic heterocycles. The number of rotatable bonds is 7. The van der Waals surface area contributed by atoms with Gasteiger partial charge in [0.25, 0.3) is 0 Å². The molecular formula is C20H27N5O4S. The Morgan fingerprint density at radius 1 is 1.07 bits per heavy atom. The summed E-state index contributed by atoms with van der Waals surface area (Å²) in [5, 5.41) is 0. The smallest absolute Gasteiger partial charge is 0.241 e. The summed E-state index contributed by atoms with van der Waals surface area (Å²) in [5.41, 5.74) is 0. The van der Waals surface area contributed by atoms with Crippen molar-refractivity contribution < 1.29 is 17.9 Å². The number of benzene rings is 1. The fourth-order valence-electron chi connectivity index (χ4n) is 3.24. The van der Waals surface area contributed by atoms with Crippen molar-refractivity contribution in [1.82, 2.24) is 19.6 Å². The van der Waals surface area contributed by atoms with Crippen LogP contribution in [0.1, 0.15) is 13.8 Å². The quantitative estimate of drug-likeness (QED) is 0.698. The average Bonchev–Trinajstić information content (AvgIpc) is 2.77. The molecule has 10 heteroatoms. The first-order valence-electron chi connectivity index (χ1n) is 9.79. The van der Waals surface area contributed by atoms with Gasteiger partial charge in [-0.15, -0.1) is 0 Å². The zero-order chi connectivity index (χ0) is 21.7. The van der Waals surface area contributed by atoms with Crippen molar-refractivity contribution in [1.29, 1.82) is 0 Å². The van der Waals surface area contributed by atoms with E-state index in [1.165, 1.54) is 19.2 Å². The molecule has 0 radical (unpaired) electrons. The number of nitrogens with zero attached hydrogens (tertiary/aromatic N) is 4. The fourth-order valence-corrected chi connectivity index (χ4v) is 4.58. The van der Waals surface area contributed by atoms with E-state index in [1.54, 1.807) is 35.5 Å². The number of amides is 1. The predicted octanol–water partition coefficient (Wildman–Crippen LogP) is 1.14. The lowest BCUT2D eigenvalue weighted by Crippen LogP contribution is -2.56. The normalized spacial score (nSPS) is 15.9. The number of piperazine rings is 1. The highest BCUT2D eigenvalue weighted by Crippen LogP contribution is 2.18. The van der Waals surface area contributed by atoms with Crippen molar-refractivity contribution in [2.45, 2.75) is 24.8 Å². The maximum Gasteiger partial charge on any atom is 0.241 e. The van der Waals surface area contributed by atoms with E-state index >= 15 is 0 Å². The van der Waals surface area contributed by atoms with Crippen LogP contribution in [0.2, 0.25) is 0 Å². The summed E-state index contributed by atoms with van der Waals surface area (Å²) in [6.07, 6.45) is 3.37. The van der Waals surface area contributed by atoms with Crippen molar-refractivity contribution in [3.05, 3.63) is 42.7 Å². The minimum atomic E-state index is -3.85. The zero-order valence-electron chi connectivity index (χ0n) is 17.4. The molecule has 0 saturated carbocycles. The van der Waals surface area contributed by atoms with Gasteiger partial charge in [0.05, 0.1) is 12.0 Å². The first kappa shape index (κ1) is 22.0. The Labute approximate surface area is 177 Å². The van der Waals surface area contributed by atoms with E-state index in [1.807, 2.05) is 18.7 Å². The Hall–Kier alpha value is -2.72. The highest BCUT2D eigenvalue weighted by atomic mass is 32.2. The number of nitrogens with one attached hydrogen (secondary N) is 1. The Morgan fingerprint density at radius 3 is 2.20 bits per heavy atom. The Bertz CT molecular complexity index is 943. The molecule has 162 valence electrons. The minimum Gasteiger partial charge on any atom is -0.497 e. The van der Waals surface area contributed by atoms with Gasteiger partial charge in [0.1, 0.15) is 11.8 Å². The Kier molecular flexibility index (Phi) is 6.88. The highest BCUT2D eigenvalue weighted by molar-refractivity contribution is 7.89. The molecule has 1 aromatic heterocycles. The largest absolute Gasteiger partial charge is 0.497 e. The maximum atomic E-state index is 13.1. The minimum absolute atomic E-state index is 0.0906. The van der Waals surface area contributed by atoms with Gasteiger partial charge >= 0.3 is 0 Å². The van der Waals surface area contributed by atoms with E-state index in [0.29, 0.717) is 37.9 Å². The second-order valence-corrected chi connectivity index (χ2v) is 9.09. The summed E-state index contributed by atoms with van der Waals surface area (Å²) < 4.78 is 33.3. The molecule has 1 aromatic carbocycles. The van der Waals surface area contributed by atoms with Crippen molar-refractivity contribution in [3.63, 3.8) is 0 Å². The molecule has 9 nitrogen and oxygen atoms in total. The van der Waals surface area contributed by atoms with Crippen LogP contribution in [0.25, 0.3) is 0 Å². The third-order valence-corrected chi connectivity index (χ3v) is 6.47.